The van der Waals surface area contributed by atoms with Crippen molar-refractivity contribution in [3.05, 3.63) is 101 Å². The molecule has 3 N–H and O–H groups in total. The molecule has 1 fully saturated rings. The second-order valence-corrected chi connectivity index (χ2v) is 19.7. The molecule has 0 aliphatic heterocycles. The summed E-state index contributed by atoms with van der Waals surface area (Å²) >= 11 is 0. The van der Waals surface area contributed by atoms with Crippen LogP contribution in [0.5, 0.6) is 0 Å². The van der Waals surface area contributed by atoms with Gasteiger partial charge in [-0.2, -0.15) is 24.1 Å². The van der Waals surface area contributed by atoms with Gasteiger partial charge in [0.05, 0.1) is 52.9 Å². The van der Waals surface area contributed by atoms with E-state index in [1.54, 1.807) is 43.4 Å². The van der Waals surface area contributed by atoms with E-state index in [0.717, 1.165) is 24.6 Å². The van der Waals surface area contributed by atoms with Crippen molar-refractivity contribution in [1.82, 2.24) is 44.6 Å². The Morgan fingerprint density at radius 1 is 0.831 bits per heavy atom. The molecular formula is C41H37F6N11O5S2. The van der Waals surface area contributed by atoms with E-state index < -0.39 is 85.7 Å². The fourth-order valence-electron chi connectivity index (χ4n) is 9.05. The SMILES string of the molecule is Cn1nc(NS(C)(=O)=O)c2cccc(-c3cnc(C(Cc4cc(F)cc(F)c4)NC(=O)Cn4nc(C(F)F)c5c4C(F)(F)C4CCC54)c(-c4cccc5c(NS(C)(=O)=O)nn(C)c45)n3)c21. The maximum atomic E-state index is 15.8. The number of para-hydroxylation sites is 2. The predicted molar refractivity (Wildman–Crippen MR) is 226 cm³/mol. The molecule has 9 rings (SSSR count). The molecule has 7 aromatic rings. The number of fused-ring (bicyclic) bond motifs is 5. The second kappa shape index (κ2) is 15.6. The lowest BCUT2D eigenvalue weighted by atomic mass is 9.73. The zero-order valence-electron chi connectivity index (χ0n) is 34.6. The van der Waals surface area contributed by atoms with Crippen LogP contribution in [0.2, 0.25) is 0 Å². The van der Waals surface area contributed by atoms with Crippen LogP contribution in [0.15, 0.2) is 60.8 Å². The van der Waals surface area contributed by atoms with Crippen LogP contribution in [-0.2, 0) is 57.8 Å². The summed E-state index contributed by atoms with van der Waals surface area (Å²) in [5.41, 5.74) is -0.234. The van der Waals surface area contributed by atoms with Gasteiger partial charge in [-0.25, -0.2) is 39.4 Å². The number of sulfonamides is 2. The molecule has 0 spiro atoms. The van der Waals surface area contributed by atoms with Gasteiger partial charge in [-0.05, 0) is 55.0 Å². The molecule has 65 heavy (non-hydrogen) atoms. The lowest BCUT2D eigenvalue weighted by molar-refractivity contribution is -0.123. The number of nitrogens with one attached hydrogen (secondary N) is 3. The van der Waals surface area contributed by atoms with Crippen molar-refractivity contribution in [1.29, 1.82) is 0 Å². The maximum absolute atomic E-state index is 15.8. The van der Waals surface area contributed by atoms with E-state index in [1.165, 1.54) is 22.6 Å². The largest absolute Gasteiger partial charge is 0.346 e. The van der Waals surface area contributed by atoms with Gasteiger partial charge in [0, 0.05) is 53.5 Å². The minimum absolute atomic E-state index is 0.0247. The van der Waals surface area contributed by atoms with Crippen LogP contribution in [0, 0.1) is 17.6 Å². The molecule has 3 aromatic carbocycles. The average Bonchev–Trinajstić information content (AvgIpc) is 3.85. The van der Waals surface area contributed by atoms with E-state index in [1.807, 2.05) is 0 Å². The molecule has 2 aliphatic carbocycles. The minimum Gasteiger partial charge on any atom is -0.346 e. The smallest absolute Gasteiger partial charge is 0.293 e. The zero-order valence-corrected chi connectivity index (χ0v) is 36.2. The maximum Gasteiger partial charge on any atom is 0.293 e. The summed E-state index contributed by atoms with van der Waals surface area (Å²) in [6.45, 7) is -0.941. The Balaban J connectivity index is 1.22. The first-order valence-corrected chi connectivity index (χ1v) is 23.6. The van der Waals surface area contributed by atoms with Crippen LogP contribution in [0.25, 0.3) is 44.3 Å². The van der Waals surface area contributed by atoms with E-state index >= 15 is 8.78 Å². The van der Waals surface area contributed by atoms with Crippen LogP contribution in [0.3, 0.4) is 0 Å². The third-order valence-corrected chi connectivity index (χ3v) is 12.7. The number of hydrogen-bond donors (Lipinski definition) is 3. The summed E-state index contributed by atoms with van der Waals surface area (Å²) in [7, 11) is -4.48. The van der Waals surface area contributed by atoms with Gasteiger partial charge in [-0.3, -0.25) is 33.3 Å². The predicted octanol–water partition coefficient (Wildman–Crippen LogP) is 6.44. The Bertz CT molecular complexity index is 3320. The summed E-state index contributed by atoms with van der Waals surface area (Å²) in [6, 6.07) is 11.0. The first-order valence-electron chi connectivity index (χ1n) is 19.8. The van der Waals surface area contributed by atoms with Crippen LogP contribution in [0.4, 0.5) is 38.0 Å². The highest BCUT2D eigenvalue weighted by Gasteiger charge is 2.62. The van der Waals surface area contributed by atoms with Gasteiger partial charge in [0.1, 0.15) is 29.6 Å². The molecule has 24 heteroatoms. The monoisotopic (exact) mass is 941 g/mol. The number of aromatic nitrogens is 8. The number of hydrogen-bond acceptors (Lipinski definition) is 10. The van der Waals surface area contributed by atoms with Crippen molar-refractivity contribution >= 4 is 59.4 Å². The van der Waals surface area contributed by atoms with Gasteiger partial charge in [-0.15, -0.1) is 0 Å². The molecule has 1 saturated carbocycles. The lowest BCUT2D eigenvalue weighted by Crippen LogP contribution is -2.36. The number of benzene rings is 3. The number of alkyl halides is 4. The number of carbonyl (C=O) groups excluding carboxylic acids is 1. The molecule has 1 amide bonds. The van der Waals surface area contributed by atoms with Crippen LogP contribution in [0.1, 0.15) is 59.4 Å². The number of nitrogens with zero attached hydrogens (tertiary/aromatic N) is 8. The summed E-state index contributed by atoms with van der Waals surface area (Å²) < 4.78 is 147. The normalized spacial score (nSPS) is 17.3. The van der Waals surface area contributed by atoms with Gasteiger partial charge in [0.15, 0.2) is 11.6 Å². The third-order valence-electron chi connectivity index (χ3n) is 11.6. The highest BCUT2D eigenvalue weighted by atomic mass is 32.2. The fourth-order valence-corrected chi connectivity index (χ4v) is 10.1. The highest BCUT2D eigenvalue weighted by Crippen LogP contribution is 2.63. The molecular weight excluding hydrogens is 905 g/mol. The molecule has 0 radical (unpaired) electrons. The molecule has 340 valence electrons. The lowest BCUT2D eigenvalue weighted by Gasteiger charge is -2.34. The van der Waals surface area contributed by atoms with E-state index in [4.69, 9.17) is 9.97 Å². The number of rotatable bonds is 13. The molecule has 2 aliphatic rings. The van der Waals surface area contributed by atoms with E-state index in [-0.39, 0.29) is 64.7 Å². The summed E-state index contributed by atoms with van der Waals surface area (Å²) in [4.78, 5) is 24.0. The molecule has 3 atom stereocenters. The van der Waals surface area contributed by atoms with Crippen molar-refractivity contribution in [3.8, 4) is 22.5 Å². The van der Waals surface area contributed by atoms with Crippen molar-refractivity contribution in [2.75, 3.05) is 22.0 Å². The number of carbonyl (C=O) groups is 1. The summed E-state index contributed by atoms with van der Waals surface area (Å²) in [6.07, 6.45) is 0.0459. The summed E-state index contributed by atoms with van der Waals surface area (Å²) in [5.74, 6) is -8.49. The van der Waals surface area contributed by atoms with E-state index in [9.17, 15) is 39.2 Å². The fraction of sp³-hybridized carbons (Fsp3) is 0.317. The Labute approximate surface area is 366 Å². The standard InChI is InChI=1S/C41H37F6N11O5S2/c1-56-35-23(7-5-9-25(35)39(52-56)54-64(3,60)61)29-17-48-33(32(50-29)24-8-6-10-26-36(24)57(2)53-40(26)55-65(4,62)63)28(15-19-13-20(42)16-21(43)14-19)49-30(59)18-58-37-31(34(51-58)38(44)45)22-11-12-27(22)41(37,46)47/h5-10,13-14,16-17,22,27-28,38H,11-12,15,18H2,1-4H3,(H,49,59)(H,52,54)(H,53,55). The average molecular weight is 942 g/mol. The van der Waals surface area contributed by atoms with Crippen molar-refractivity contribution < 1.29 is 48.0 Å². The van der Waals surface area contributed by atoms with E-state index in [0.29, 0.717) is 38.1 Å². The first-order chi connectivity index (χ1) is 30.6. The topological polar surface area (TPSA) is 201 Å². The number of halogens is 6. The molecule has 16 nitrogen and oxygen atoms in total. The highest BCUT2D eigenvalue weighted by molar-refractivity contribution is 7.92. The molecule has 0 saturated heterocycles. The summed E-state index contributed by atoms with van der Waals surface area (Å²) in [5, 5.41) is 16.0. The molecule has 3 unspecified atom stereocenters. The third kappa shape index (κ3) is 7.91. The Kier molecular flexibility index (Phi) is 10.5. The molecule has 4 aromatic heterocycles. The van der Waals surface area contributed by atoms with Crippen LogP contribution < -0.4 is 14.8 Å². The van der Waals surface area contributed by atoms with Gasteiger partial charge < -0.3 is 5.32 Å². The zero-order chi connectivity index (χ0) is 46.5. The number of anilines is 2. The minimum atomic E-state index is -3.84. The number of aryl methyl sites for hydroxylation is 2. The Hall–Kier alpha value is -6.56. The van der Waals surface area contributed by atoms with Crippen LogP contribution in [-0.4, -0.2) is 74.6 Å². The number of amides is 1. The van der Waals surface area contributed by atoms with Crippen molar-refractivity contribution in [2.24, 2.45) is 20.0 Å². The Morgan fingerprint density at radius 3 is 1.97 bits per heavy atom. The van der Waals surface area contributed by atoms with Gasteiger partial charge in [0.25, 0.3) is 12.3 Å². The molecule has 4 heterocycles. The van der Waals surface area contributed by atoms with E-state index in [2.05, 4.69) is 30.1 Å². The van der Waals surface area contributed by atoms with Gasteiger partial charge in [0.2, 0.25) is 26.0 Å². The van der Waals surface area contributed by atoms with Crippen LogP contribution >= 0.6 is 0 Å². The Morgan fingerprint density at radius 2 is 1.42 bits per heavy atom. The van der Waals surface area contributed by atoms with Crippen molar-refractivity contribution in [3.63, 3.8) is 0 Å². The quantitative estimate of drug-likeness (QED) is 0.108. The van der Waals surface area contributed by atoms with Gasteiger partial charge >= 0.3 is 0 Å². The first kappa shape index (κ1) is 43.7. The van der Waals surface area contributed by atoms with Gasteiger partial charge in [-0.1, -0.05) is 24.3 Å². The second-order valence-electron chi connectivity index (χ2n) is 16.2. The molecule has 0 bridgehead atoms. The van der Waals surface area contributed by atoms with Crippen molar-refractivity contribution in [2.45, 2.75) is 50.1 Å².